The third-order valence-corrected chi connectivity index (χ3v) is 2.39. The van der Waals surface area contributed by atoms with Crippen molar-refractivity contribution in [1.82, 2.24) is 10.2 Å². The van der Waals surface area contributed by atoms with Gasteiger partial charge in [0.25, 0.3) is 5.91 Å². The highest BCUT2D eigenvalue weighted by Gasteiger charge is 2.16. The predicted octanol–water partition coefficient (Wildman–Crippen LogP) is 0.896. The molecule has 0 aliphatic rings. The number of oxime groups is 1. The van der Waals surface area contributed by atoms with Crippen LogP contribution in [0.25, 0.3) is 0 Å². The zero-order chi connectivity index (χ0) is 13.8. The lowest BCUT2D eigenvalue weighted by Gasteiger charge is -2.10. The second-order valence-corrected chi connectivity index (χ2v) is 3.59. The van der Waals surface area contributed by atoms with E-state index in [0.29, 0.717) is 0 Å². The largest absolute Gasteiger partial charge is 0.409 e. The summed E-state index contributed by atoms with van der Waals surface area (Å²) in [5, 5.41) is 19.9. The van der Waals surface area contributed by atoms with Crippen LogP contribution in [-0.2, 0) is 0 Å². The molecule has 0 fully saturated rings. The number of halogens is 1. The van der Waals surface area contributed by atoms with Crippen molar-refractivity contribution in [3.05, 3.63) is 47.5 Å². The molecule has 1 aromatic heterocycles. The minimum atomic E-state index is -0.708. The standard InChI is InChI=1S/C11H10FN5O2/c12-7-2-1-3-8(9(7)10(13)17-19)16-11(18)6-4-14-15-5-6/h1-5,19H,(H2,13,17)(H,14,15)(H,16,18). The lowest BCUT2D eigenvalue weighted by Crippen LogP contribution is -2.20. The van der Waals surface area contributed by atoms with E-state index in [1.165, 1.54) is 24.5 Å². The highest BCUT2D eigenvalue weighted by atomic mass is 19.1. The Labute approximate surface area is 106 Å². The summed E-state index contributed by atoms with van der Waals surface area (Å²) in [6.07, 6.45) is 2.70. The molecular formula is C11H10FN5O2. The van der Waals surface area contributed by atoms with Crippen molar-refractivity contribution in [3.8, 4) is 0 Å². The highest BCUT2D eigenvalue weighted by molar-refractivity contribution is 6.09. The van der Waals surface area contributed by atoms with Crippen LogP contribution in [0.1, 0.15) is 15.9 Å². The van der Waals surface area contributed by atoms with Crippen LogP contribution in [0.15, 0.2) is 35.7 Å². The van der Waals surface area contributed by atoms with Gasteiger partial charge in [0.05, 0.1) is 23.0 Å². The summed E-state index contributed by atoms with van der Waals surface area (Å²) in [5.41, 5.74) is 5.57. The SMILES string of the molecule is NC(=NO)c1c(F)cccc1NC(=O)c1cn[nH]c1. The third kappa shape index (κ3) is 2.51. The van der Waals surface area contributed by atoms with Crippen LogP contribution in [0.2, 0.25) is 0 Å². The molecule has 5 N–H and O–H groups in total. The lowest BCUT2D eigenvalue weighted by molar-refractivity contribution is 0.102. The van der Waals surface area contributed by atoms with Gasteiger partial charge in [0.15, 0.2) is 5.84 Å². The van der Waals surface area contributed by atoms with Crippen LogP contribution in [0.4, 0.5) is 10.1 Å². The summed E-state index contributed by atoms with van der Waals surface area (Å²) < 4.78 is 13.6. The number of rotatable bonds is 3. The van der Waals surface area contributed by atoms with Gasteiger partial charge in [0.1, 0.15) is 5.82 Å². The number of hydrogen-bond donors (Lipinski definition) is 4. The number of aromatic amines is 1. The summed E-state index contributed by atoms with van der Waals surface area (Å²) >= 11 is 0. The number of H-pyrrole nitrogens is 1. The number of aromatic nitrogens is 2. The quantitative estimate of drug-likeness (QED) is 0.285. The molecule has 2 aromatic rings. The van der Waals surface area contributed by atoms with Gasteiger partial charge < -0.3 is 16.3 Å². The summed E-state index contributed by atoms with van der Waals surface area (Å²) in [4.78, 5) is 11.8. The van der Waals surface area contributed by atoms with Crippen molar-refractivity contribution in [2.24, 2.45) is 10.9 Å². The molecule has 0 atom stereocenters. The predicted molar refractivity (Wildman–Crippen MR) is 65.5 cm³/mol. The maximum Gasteiger partial charge on any atom is 0.258 e. The van der Waals surface area contributed by atoms with E-state index in [-0.39, 0.29) is 16.8 Å². The van der Waals surface area contributed by atoms with E-state index in [4.69, 9.17) is 10.9 Å². The van der Waals surface area contributed by atoms with E-state index in [2.05, 4.69) is 20.7 Å². The minimum Gasteiger partial charge on any atom is -0.409 e. The van der Waals surface area contributed by atoms with Gasteiger partial charge in [0.2, 0.25) is 0 Å². The van der Waals surface area contributed by atoms with E-state index < -0.39 is 17.6 Å². The van der Waals surface area contributed by atoms with E-state index in [9.17, 15) is 9.18 Å². The van der Waals surface area contributed by atoms with E-state index in [1.54, 1.807) is 0 Å². The van der Waals surface area contributed by atoms with Gasteiger partial charge in [0, 0.05) is 6.20 Å². The maximum absolute atomic E-state index is 13.6. The lowest BCUT2D eigenvalue weighted by atomic mass is 10.1. The molecule has 0 saturated heterocycles. The maximum atomic E-state index is 13.6. The van der Waals surface area contributed by atoms with Gasteiger partial charge in [-0.1, -0.05) is 11.2 Å². The summed E-state index contributed by atoms with van der Waals surface area (Å²) in [6.45, 7) is 0. The molecule has 0 saturated carbocycles. The number of benzene rings is 1. The van der Waals surface area contributed by atoms with E-state index >= 15 is 0 Å². The van der Waals surface area contributed by atoms with Crippen LogP contribution in [0, 0.1) is 5.82 Å². The zero-order valence-electron chi connectivity index (χ0n) is 9.59. The molecular weight excluding hydrogens is 253 g/mol. The molecule has 1 aromatic carbocycles. The first kappa shape index (κ1) is 12.6. The fraction of sp³-hybridized carbons (Fsp3) is 0. The average Bonchev–Trinajstić information content (AvgIpc) is 2.92. The zero-order valence-corrected chi connectivity index (χ0v) is 9.59. The molecule has 1 heterocycles. The number of amides is 1. The molecule has 98 valence electrons. The van der Waals surface area contributed by atoms with E-state index in [0.717, 1.165) is 6.07 Å². The first-order valence-electron chi connectivity index (χ1n) is 5.20. The van der Waals surface area contributed by atoms with Gasteiger partial charge in [-0.25, -0.2) is 4.39 Å². The molecule has 0 bridgehead atoms. The molecule has 0 aliphatic heterocycles. The van der Waals surface area contributed by atoms with Gasteiger partial charge in [-0.05, 0) is 12.1 Å². The van der Waals surface area contributed by atoms with Gasteiger partial charge in [-0.2, -0.15) is 5.10 Å². The normalized spacial score (nSPS) is 11.3. The number of anilines is 1. The highest BCUT2D eigenvalue weighted by Crippen LogP contribution is 2.19. The van der Waals surface area contributed by atoms with Crippen molar-refractivity contribution < 1.29 is 14.4 Å². The molecule has 0 spiro atoms. The van der Waals surface area contributed by atoms with Crippen LogP contribution >= 0.6 is 0 Å². The Bertz CT molecular complexity index is 624. The summed E-state index contributed by atoms with van der Waals surface area (Å²) in [5.74, 6) is -1.63. The number of nitrogens with one attached hydrogen (secondary N) is 2. The van der Waals surface area contributed by atoms with Crippen molar-refractivity contribution in [1.29, 1.82) is 0 Å². The van der Waals surface area contributed by atoms with Gasteiger partial charge in [-0.3, -0.25) is 9.89 Å². The molecule has 2 rings (SSSR count). The second kappa shape index (κ2) is 5.17. The Kier molecular flexibility index (Phi) is 3.42. The van der Waals surface area contributed by atoms with Crippen molar-refractivity contribution in [3.63, 3.8) is 0 Å². The fourth-order valence-corrected chi connectivity index (χ4v) is 1.51. The molecule has 0 unspecified atom stereocenters. The van der Waals surface area contributed by atoms with E-state index in [1.807, 2.05) is 0 Å². The fourth-order valence-electron chi connectivity index (χ4n) is 1.51. The Morgan fingerprint density at radius 2 is 2.32 bits per heavy atom. The molecule has 8 heteroatoms. The Balaban J connectivity index is 2.36. The summed E-state index contributed by atoms with van der Waals surface area (Å²) in [6, 6.07) is 3.98. The molecule has 1 amide bonds. The van der Waals surface area contributed by atoms with Crippen LogP contribution in [-0.4, -0.2) is 27.1 Å². The molecule has 19 heavy (non-hydrogen) atoms. The smallest absolute Gasteiger partial charge is 0.258 e. The van der Waals surface area contributed by atoms with Crippen LogP contribution in [0.3, 0.4) is 0 Å². The number of nitrogens with two attached hydrogens (primary N) is 1. The van der Waals surface area contributed by atoms with Gasteiger partial charge >= 0.3 is 0 Å². The molecule has 7 nitrogen and oxygen atoms in total. The third-order valence-electron chi connectivity index (χ3n) is 2.39. The number of hydrogen-bond acceptors (Lipinski definition) is 4. The van der Waals surface area contributed by atoms with Crippen molar-refractivity contribution in [2.45, 2.75) is 0 Å². The van der Waals surface area contributed by atoms with Crippen LogP contribution in [0.5, 0.6) is 0 Å². The average molecular weight is 263 g/mol. The number of carbonyl (C=O) groups excluding carboxylic acids is 1. The Hall–Kier alpha value is -2.90. The number of amidine groups is 1. The topological polar surface area (TPSA) is 116 Å². The number of nitrogens with zero attached hydrogens (tertiary/aromatic N) is 2. The second-order valence-electron chi connectivity index (χ2n) is 3.59. The number of carbonyl (C=O) groups is 1. The monoisotopic (exact) mass is 263 g/mol. The van der Waals surface area contributed by atoms with Gasteiger partial charge in [-0.15, -0.1) is 0 Å². The van der Waals surface area contributed by atoms with Crippen LogP contribution < -0.4 is 11.1 Å². The Morgan fingerprint density at radius 3 is 2.95 bits per heavy atom. The Morgan fingerprint density at radius 1 is 1.53 bits per heavy atom. The minimum absolute atomic E-state index is 0.0986. The summed E-state index contributed by atoms with van der Waals surface area (Å²) in [7, 11) is 0. The van der Waals surface area contributed by atoms with Crippen molar-refractivity contribution in [2.75, 3.05) is 5.32 Å². The molecule has 0 aliphatic carbocycles. The first-order chi connectivity index (χ1) is 9.13. The first-order valence-corrected chi connectivity index (χ1v) is 5.20. The van der Waals surface area contributed by atoms with Crippen molar-refractivity contribution >= 4 is 17.4 Å². The molecule has 0 radical (unpaired) electrons.